The van der Waals surface area contributed by atoms with Gasteiger partial charge >= 0.3 is 5.97 Å². The molecule has 3 nitrogen and oxygen atoms in total. The largest absolute Gasteiger partial charge is 0.427 e. The van der Waals surface area contributed by atoms with Gasteiger partial charge in [0.05, 0.1) is 5.69 Å². The smallest absolute Gasteiger partial charge is 0.308 e. The molecule has 1 aliphatic carbocycles. The number of carbonyl (C=O) groups is 1. The van der Waals surface area contributed by atoms with Gasteiger partial charge in [0.1, 0.15) is 5.75 Å². The van der Waals surface area contributed by atoms with Crippen molar-refractivity contribution in [2.75, 3.05) is 0 Å². The highest BCUT2D eigenvalue weighted by Crippen LogP contribution is 2.31. The van der Waals surface area contributed by atoms with Gasteiger partial charge in [0.25, 0.3) is 0 Å². The summed E-state index contributed by atoms with van der Waals surface area (Å²) in [6.45, 7) is 3.49. The molecule has 1 aromatic heterocycles. The first-order valence-corrected chi connectivity index (χ1v) is 7.57. The number of esters is 1. The van der Waals surface area contributed by atoms with Crippen molar-refractivity contribution >= 4 is 17.6 Å². The zero-order valence-corrected chi connectivity index (χ0v) is 12.9. The van der Waals surface area contributed by atoms with Crippen molar-refractivity contribution < 1.29 is 9.53 Å². The summed E-state index contributed by atoms with van der Waals surface area (Å²) in [5.41, 5.74) is 6.06. The SMILES string of the molecule is CC(=O)Oc1ccc(/C=C2/CCCc3cc(C)cnc32)cc1. The van der Waals surface area contributed by atoms with Crippen LogP contribution in [0, 0.1) is 6.92 Å². The Morgan fingerprint density at radius 3 is 2.73 bits per heavy atom. The van der Waals surface area contributed by atoms with Crippen LogP contribution in [0.25, 0.3) is 11.6 Å². The number of carbonyl (C=O) groups excluding carboxylic acids is 1. The van der Waals surface area contributed by atoms with Crippen molar-refractivity contribution in [3.05, 3.63) is 58.9 Å². The average molecular weight is 293 g/mol. The molecule has 0 spiro atoms. The lowest BCUT2D eigenvalue weighted by Crippen LogP contribution is -2.04. The fraction of sp³-hybridized carbons (Fsp3) is 0.263. The van der Waals surface area contributed by atoms with E-state index >= 15 is 0 Å². The van der Waals surface area contributed by atoms with Crippen molar-refractivity contribution in [3.8, 4) is 5.75 Å². The summed E-state index contributed by atoms with van der Waals surface area (Å²) in [6, 6.07) is 9.81. The minimum Gasteiger partial charge on any atom is -0.427 e. The maximum absolute atomic E-state index is 10.9. The summed E-state index contributed by atoms with van der Waals surface area (Å²) >= 11 is 0. The number of hydrogen-bond donors (Lipinski definition) is 0. The number of allylic oxidation sites excluding steroid dienone is 1. The molecule has 0 bridgehead atoms. The third kappa shape index (κ3) is 3.25. The van der Waals surface area contributed by atoms with Crippen LogP contribution in [-0.2, 0) is 11.2 Å². The normalized spacial score (nSPS) is 15.5. The highest BCUT2D eigenvalue weighted by atomic mass is 16.5. The highest BCUT2D eigenvalue weighted by molar-refractivity contribution is 5.82. The molecule has 0 saturated heterocycles. The molecule has 22 heavy (non-hydrogen) atoms. The molecule has 1 aromatic carbocycles. The molecule has 0 atom stereocenters. The molecule has 0 unspecified atom stereocenters. The molecule has 0 N–H and O–H groups in total. The summed E-state index contributed by atoms with van der Waals surface area (Å²) in [4.78, 5) is 15.6. The predicted octanol–water partition coefficient (Wildman–Crippen LogP) is 4.19. The van der Waals surface area contributed by atoms with Gasteiger partial charge < -0.3 is 4.74 Å². The number of hydrogen-bond acceptors (Lipinski definition) is 3. The summed E-state index contributed by atoms with van der Waals surface area (Å²) in [7, 11) is 0. The summed E-state index contributed by atoms with van der Waals surface area (Å²) < 4.78 is 5.06. The number of fused-ring (bicyclic) bond motifs is 1. The fourth-order valence-corrected chi connectivity index (χ4v) is 2.84. The monoisotopic (exact) mass is 293 g/mol. The van der Waals surface area contributed by atoms with Gasteiger partial charge in [-0.3, -0.25) is 9.78 Å². The van der Waals surface area contributed by atoms with Crippen molar-refractivity contribution in [2.24, 2.45) is 0 Å². The lowest BCUT2D eigenvalue weighted by atomic mass is 9.89. The van der Waals surface area contributed by atoms with E-state index in [4.69, 9.17) is 4.74 Å². The van der Waals surface area contributed by atoms with Gasteiger partial charge in [-0.1, -0.05) is 18.2 Å². The first-order valence-electron chi connectivity index (χ1n) is 7.57. The maximum atomic E-state index is 10.9. The van der Waals surface area contributed by atoms with Crippen LogP contribution in [0.2, 0.25) is 0 Å². The zero-order valence-electron chi connectivity index (χ0n) is 12.9. The standard InChI is InChI=1S/C19H19NO2/c1-13-10-16-4-3-5-17(19(16)20-12-13)11-15-6-8-18(9-7-15)22-14(2)21/h6-12H,3-5H2,1-2H3/b17-11-. The second-order valence-electron chi connectivity index (χ2n) is 5.71. The number of pyridine rings is 1. The molecule has 3 heteroatoms. The Kier molecular flexibility index (Phi) is 4.05. The third-order valence-corrected chi connectivity index (χ3v) is 3.78. The van der Waals surface area contributed by atoms with Gasteiger partial charge in [0.2, 0.25) is 0 Å². The van der Waals surface area contributed by atoms with Gasteiger partial charge in [0, 0.05) is 13.1 Å². The molecule has 0 amide bonds. The minimum absolute atomic E-state index is 0.299. The topological polar surface area (TPSA) is 39.2 Å². The average Bonchev–Trinajstić information content (AvgIpc) is 2.48. The number of aryl methyl sites for hydroxylation is 2. The van der Waals surface area contributed by atoms with E-state index < -0.39 is 0 Å². The van der Waals surface area contributed by atoms with Crippen molar-refractivity contribution in [2.45, 2.75) is 33.1 Å². The highest BCUT2D eigenvalue weighted by Gasteiger charge is 2.15. The van der Waals surface area contributed by atoms with Crippen LogP contribution in [0.15, 0.2) is 36.5 Å². The van der Waals surface area contributed by atoms with E-state index in [1.54, 1.807) is 0 Å². The Morgan fingerprint density at radius 1 is 1.23 bits per heavy atom. The van der Waals surface area contributed by atoms with E-state index in [9.17, 15) is 4.79 Å². The molecule has 3 rings (SSSR count). The van der Waals surface area contributed by atoms with E-state index in [0.29, 0.717) is 5.75 Å². The van der Waals surface area contributed by atoms with E-state index in [2.05, 4.69) is 24.1 Å². The van der Waals surface area contributed by atoms with E-state index in [-0.39, 0.29) is 5.97 Å². The van der Waals surface area contributed by atoms with Gasteiger partial charge in [0.15, 0.2) is 0 Å². The molecular weight excluding hydrogens is 274 g/mol. The zero-order chi connectivity index (χ0) is 15.5. The number of benzene rings is 1. The van der Waals surface area contributed by atoms with E-state index in [1.807, 2.05) is 30.5 Å². The van der Waals surface area contributed by atoms with E-state index in [0.717, 1.165) is 30.5 Å². The molecule has 0 aliphatic heterocycles. The first kappa shape index (κ1) is 14.5. The molecule has 0 radical (unpaired) electrons. The van der Waals surface area contributed by atoms with Crippen LogP contribution >= 0.6 is 0 Å². The van der Waals surface area contributed by atoms with Crippen molar-refractivity contribution in [1.29, 1.82) is 0 Å². The van der Waals surface area contributed by atoms with Crippen LogP contribution in [0.4, 0.5) is 0 Å². The number of rotatable bonds is 2. The predicted molar refractivity (Wildman–Crippen MR) is 87.5 cm³/mol. The quantitative estimate of drug-likeness (QED) is 0.615. The Morgan fingerprint density at radius 2 is 2.00 bits per heavy atom. The molecule has 1 aliphatic rings. The van der Waals surface area contributed by atoms with Crippen LogP contribution in [0.1, 0.15) is 42.1 Å². The Bertz CT molecular complexity index is 730. The Hall–Kier alpha value is -2.42. The first-order chi connectivity index (χ1) is 10.6. The van der Waals surface area contributed by atoms with Crippen LogP contribution in [0.3, 0.4) is 0 Å². The maximum Gasteiger partial charge on any atom is 0.308 e. The lowest BCUT2D eigenvalue weighted by molar-refractivity contribution is -0.131. The van der Waals surface area contributed by atoms with Crippen LogP contribution < -0.4 is 4.74 Å². The van der Waals surface area contributed by atoms with Gasteiger partial charge in [-0.25, -0.2) is 0 Å². The minimum atomic E-state index is -0.299. The van der Waals surface area contributed by atoms with Gasteiger partial charge in [-0.15, -0.1) is 0 Å². The van der Waals surface area contributed by atoms with E-state index in [1.165, 1.54) is 23.6 Å². The van der Waals surface area contributed by atoms with Crippen molar-refractivity contribution in [3.63, 3.8) is 0 Å². The summed E-state index contributed by atoms with van der Waals surface area (Å²) in [5.74, 6) is 0.277. The van der Waals surface area contributed by atoms with Gasteiger partial charge in [-0.2, -0.15) is 0 Å². The molecule has 1 heterocycles. The molecule has 0 fully saturated rings. The van der Waals surface area contributed by atoms with Crippen molar-refractivity contribution in [1.82, 2.24) is 4.98 Å². The summed E-state index contributed by atoms with van der Waals surface area (Å²) in [6.07, 6.45) is 7.43. The third-order valence-electron chi connectivity index (χ3n) is 3.78. The van der Waals surface area contributed by atoms with Crippen LogP contribution in [-0.4, -0.2) is 11.0 Å². The molecule has 0 saturated carbocycles. The molecule has 2 aromatic rings. The number of nitrogens with zero attached hydrogens (tertiary/aromatic N) is 1. The Balaban J connectivity index is 1.88. The molecule has 112 valence electrons. The van der Waals surface area contributed by atoms with Gasteiger partial charge in [-0.05, 0) is 66.7 Å². The second kappa shape index (κ2) is 6.14. The lowest BCUT2D eigenvalue weighted by Gasteiger charge is -2.18. The second-order valence-corrected chi connectivity index (χ2v) is 5.71. The number of ether oxygens (including phenoxy) is 1. The Labute approximate surface area is 130 Å². The number of aromatic nitrogens is 1. The fourth-order valence-electron chi connectivity index (χ4n) is 2.84. The summed E-state index contributed by atoms with van der Waals surface area (Å²) in [5, 5.41) is 0. The van der Waals surface area contributed by atoms with Crippen LogP contribution in [0.5, 0.6) is 5.75 Å². The molecular formula is C19H19NO2.